The number of nitrogens with zero attached hydrogens (tertiary/aromatic N) is 4. The standard InChI is InChI=1S/C20H32N4O4/c1-18(2,3)28-17(25)23-10-7-20(8-11-23)14-24(12-13-27-20)16-21-9-6-15(22-16)19(4,5)26/h6,9,26H,7-8,10-14H2,1-5H3. The summed E-state index contributed by atoms with van der Waals surface area (Å²) in [4.78, 5) is 25.1. The van der Waals surface area contributed by atoms with Crippen molar-refractivity contribution in [3.63, 3.8) is 0 Å². The molecule has 2 saturated heterocycles. The molecule has 8 heteroatoms. The number of likely N-dealkylation sites (tertiary alicyclic amines) is 1. The number of ether oxygens (including phenoxy) is 2. The minimum absolute atomic E-state index is 0.267. The van der Waals surface area contributed by atoms with Crippen LogP contribution in [-0.4, -0.2) is 70.1 Å². The van der Waals surface area contributed by atoms with Gasteiger partial charge in [-0.05, 0) is 53.5 Å². The van der Waals surface area contributed by atoms with Gasteiger partial charge in [0.25, 0.3) is 0 Å². The van der Waals surface area contributed by atoms with Gasteiger partial charge in [-0.25, -0.2) is 14.8 Å². The highest BCUT2D eigenvalue weighted by Gasteiger charge is 2.42. The van der Waals surface area contributed by atoms with Crippen molar-refractivity contribution in [2.75, 3.05) is 37.7 Å². The number of carbonyl (C=O) groups is 1. The smallest absolute Gasteiger partial charge is 0.410 e. The first-order chi connectivity index (χ1) is 13.0. The summed E-state index contributed by atoms with van der Waals surface area (Å²) in [6.07, 6.45) is 2.90. The van der Waals surface area contributed by atoms with E-state index >= 15 is 0 Å². The Morgan fingerprint density at radius 2 is 1.89 bits per heavy atom. The minimum atomic E-state index is -1.01. The summed E-state index contributed by atoms with van der Waals surface area (Å²) in [5.41, 5.74) is -1.23. The molecule has 0 radical (unpaired) electrons. The Morgan fingerprint density at radius 3 is 2.50 bits per heavy atom. The summed E-state index contributed by atoms with van der Waals surface area (Å²) in [6, 6.07) is 1.74. The number of anilines is 1. The number of aromatic nitrogens is 2. The molecule has 1 spiro atoms. The number of hydrogen-bond donors (Lipinski definition) is 1. The van der Waals surface area contributed by atoms with E-state index < -0.39 is 11.2 Å². The van der Waals surface area contributed by atoms with Crippen LogP contribution in [0.1, 0.15) is 53.2 Å². The Balaban J connectivity index is 1.65. The van der Waals surface area contributed by atoms with Gasteiger partial charge in [0.15, 0.2) is 0 Å². The molecule has 1 N–H and O–H groups in total. The predicted octanol–water partition coefficient (Wildman–Crippen LogP) is 2.31. The van der Waals surface area contributed by atoms with E-state index in [1.165, 1.54) is 0 Å². The first-order valence-corrected chi connectivity index (χ1v) is 9.90. The van der Waals surface area contributed by atoms with E-state index in [1.807, 2.05) is 20.8 Å². The van der Waals surface area contributed by atoms with Gasteiger partial charge in [0.1, 0.15) is 11.2 Å². The van der Waals surface area contributed by atoms with Gasteiger partial charge in [0.05, 0.1) is 24.4 Å². The van der Waals surface area contributed by atoms with Crippen LogP contribution >= 0.6 is 0 Å². The number of morpholine rings is 1. The Hall–Kier alpha value is -1.93. The molecule has 0 aromatic carbocycles. The second-order valence-corrected chi connectivity index (χ2v) is 9.22. The van der Waals surface area contributed by atoms with Crippen molar-refractivity contribution in [1.29, 1.82) is 0 Å². The van der Waals surface area contributed by atoms with Gasteiger partial charge in [-0.3, -0.25) is 0 Å². The number of amides is 1. The van der Waals surface area contributed by atoms with Crippen LogP contribution in [-0.2, 0) is 15.1 Å². The molecule has 0 bridgehead atoms. The van der Waals surface area contributed by atoms with Gasteiger partial charge in [-0.2, -0.15) is 0 Å². The zero-order chi connectivity index (χ0) is 20.6. The molecule has 156 valence electrons. The Bertz CT molecular complexity index is 703. The molecule has 1 aromatic heterocycles. The lowest BCUT2D eigenvalue weighted by Gasteiger charge is -2.47. The molecule has 3 rings (SSSR count). The van der Waals surface area contributed by atoms with E-state index in [0.717, 1.165) is 12.8 Å². The maximum atomic E-state index is 12.3. The molecular formula is C20H32N4O4. The molecule has 8 nitrogen and oxygen atoms in total. The molecule has 28 heavy (non-hydrogen) atoms. The quantitative estimate of drug-likeness (QED) is 0.826. The van der Waals surface area contributed by atoms with Crippen LogP contribution in [0.3, 0.4) is 0 Å². The van der Waals surface area contributed by atoms with Gasteiger partial charge in [0, 0.05) is 25.8 Å². The van der Waals surface area contributed by atoms with Crippen molar-refractivity contribution in [2.45, 2.75) is 64.3 Å². The number of carbonyl (C=O) groups excluding carboxylic acids is 1. The van der Waals surface area contributed by atoms with Crippen molar-refractivity contribution < 1.29 is 19.4 Å². The third-order valence-corrected chi connectivity index (χ3v) is 5.13. The van der Waals surface area contributed by atoms with Crippen LogP contribution in [0.25, 0.3) is 0 Å². The molecule has 2 fully saturated rings. The van der Waals surface area contributed by atoms with E-state index in [2.05, 4.69) is 14.9 Å². The fraction of sp³-hybridized carbons (Fsp3) is 0.750. The second-order valence-electron chi connectivity index (χ2n) is 9.22. The predicted molar refractivity (Wildman–Crippen MR) is 105 cm³/mol. The Kier molecular flexibility index (Phi) is 5.55. The third-order valence-electron chi connectivity index (χ3n) is 5.13. The maximum absolute atomic E-state index is 12.3. The summed E-state index contributed by atoms with van der Waals surface area (Å²) in [5.74, 6) is 0.608. The zero-order valence-electron chi connectivity index (χ0n) is 17.6. The Morgan fingerprint density at radius 1 is 1.21 bits per heavy atom. The summed E-state index contributed by atoms with van der Waals surface area (Å²) < 4.78 is 11.6. The van der Waals surface area contributed by atoms with E-state index in [9.17, 15) is 9.90 Å². The highest BCUT2D eigenvalue weighted by Crippen LogP contribution is 2.32. The van der Waals surface area contributed by atoms with Crippen LogP contribution in [0.15, 0.2) is 12.3 Å². The summed E-state index contributed by atoms with van der Waals surface area (Å²) in [6.45, 7) is 12.2. The van der Waals surface area contributed by atoms with Crippen molar-refractivity contribution >= 4 is 12.0 Å². The topological polar surface area (TPSA) is 88.0 Å². The molecule has 0 unspecified atom stereocenters. The van der Waals surface area contributed by atoms with Crippen LogP contribution in [0.5, 0.6) is 0 Å². The van der Waals surface area contributed by atoms with Crippen LogP contribution in [0.4, 0.5) is 10.7 Å². The van der Waals surface area contributed by atoms with E-state index in [1.54, 1.807) is 31.0 Å². The molecule has 2 aliphatic rings. The zero-order valence-corrected chi connectivity index (χ0v) is 17.6. The van der Waals surface area contributed by atoms with Gasteiger partial charge < -0.3 is 24.4 Å². The lowest BCUT2D eigenvalue weighted by Crippen LogP contribution is -2.58. The van der Waals surface area contributed by atoms with Crippen LogP contribution < -0.4 is 4.90 Å². The molecule has 0 atom stereocenters. The van der Waals surface area contributed by atoms with Gasteiger partial charge >= 0.3 is 6.09 Å². The molecule has 3 heterocycles. The highest BCUT2D eigenvalue weighted by molar-refractivity contribution is 5.68. The van der Waals surface area contributed by atoms with Crippen LogP contribution in [0, 0.1) is 0 Å². The fourth-order valence-corrected chi connectivity index (χ4v) is 3.58. The van der Waals surface area contributed by atoms with Crippen molar-refractivity contribution in [3.8, 4) is 0 Å². The van der Waals surface area contributed by atoms with Crippen molar-refractivity contribution in [2.24, 2.45) is 0 Å². The Labute approximate surface area is 166 Å². The summed E-state index contributed by atoms with van der Waals surface area (Å²) in [7, 11) is 0. The maximum Gasteiger partial charge on any atom is 0.410 e. The number of hydrogen-bond acceptors (Lipinski definition) is 7. The van der Waals surface area contributed by atoms with Crippen molar-refractivity contribution in [3.05, 3.63) is 18.0 Å². The SMILES string of the molecule is CC(C)(C)OC(=O)N1CCC2(CC1)CN(c1nccc(C(C)(C)O)n1)CCO2. The molecule has 0 aliphatic carbocycles. The van der Waals surface area contributed by atoms with E-state index in [-0.39, 0.29) is 11.7 Å². The summed E-state index contributed by atoms with van der Waals surface area (Å²) in [5, 5.41) is 10.2. The molecule has 0 saturated carbocycles. The van der Waals surface area contributed by atoms with Crippen LogP contribution in [0.2, 0.25) is 0 Å². The number of rotatable bonds is 2. The summed E-state index contributed by atoms with van der Waals surface area (Å²) >= 11 is 0. The number of aliphatic hydroxyl groups is 1. The normalized spacial score (nSPS) is 20.4. The minimum Gasteiger partial charge on any atom is -0.444 e. The monoisotopic (exact) mass is 392 g/mol. The van der Waals surface area contributed by atoms with Gasteiger partial charge in [0.2, 0.25) is 5.95 Å². The molecular weight excluding hydrogens is 360 g/mol. The lowest BCUT2D eigenvalue weighted by molar-refractivity contribution is -0.0915. The average molecular weight is 393 g/mol. The highest BCUT2D eigenvalue weighted by atomic mass is 16.6. The molecule has 2 aliphatic heterocycles. The lowest BCUT2D eigenvalue weighted by atomic mass is 9.89. The molecule has 1 amide bonds. The largest absolute Gasteiger partial charge is 0.444 e. The molecule has 1 aromatic rings. The third kappa shape index (κ3) is 4.91. The average Bonchev–Trinajstić information content (AvgIpc) is 2.60. The van der Waals surface area contributed by atoms with E-state index in [0.29, 0.717) is 44.4 Å². The van der Waals surface area contributed by atoms with E-state index in [4.69, 9.17) is 9.47 Å². The van der Waals surface area contributed by atoms with Crippen molar-refractivity contribution in [1.82, 2.24) is 14.9 Å². The van der Waals surface area contributed by atoms with Gasteiger partial charge in [-0.15, -0.1) is 0 Å². The number of piperidine rings is 1. The second kappa shape index (κ2) is 7.48. The first-order valence-electron chi connectivity index (χ1n) is 9.90. The first kappa shape index (κ1) is 20.8. The van der Waals surface area contributed by atoms with Gasteiger partial charge in [-0.1, -0.05) is 0 Å². The fourth-order valence-electron chi connectivity index (χ4n) is 3.58.